The van der Waals surface area contributed by atoms with Gasteiger partial charge in [0.2, 0.25) is 0 Å². The zero-order chi connectivity index (χ0) is 6.69. The van der Waals surface area contributed by atoms with Crippen LogP contribution in [0.3, 0.4) is 0 Å². The van der Waals surface area contributed by atoms with E-state index < -0.39 is 0 Å². The highest BCUT2D eigenvalue weighted by Crippen LogP contribution is 2.18. The SMILES string of the molecule is CC(C)N=C1CC=CS1. The molecular weight excluding hydrogens is 130 g/mol. The predicted molar refractivity (Wildman–Crippen MR) is 43.9 cm³/mol. The zero-order valence-electron chi connectivity index (χ0n) is 5.79. The van der Waals surface area contributed by atoms with Crippen LogP contribution in [0.5, 0.6) is 0 Å². The van der Waals surface area contributed by atoms with Gasteiger partial charge in [0.25, 0.3) is 0 Å². The Hall–Kier alpha value is -0.240. The Balaban J connectivity index is 2.43. The van der Waals surface area contributed by atoms with E-state index in [0.717, 1.165) is 6.42 Å². The fraction of sp³-hybridized carbons (Fsp3) is 0.571. The molecule has 0 aromatic carbocycles. The molecule has 0 N–H and O–H groups in total. The summed E-state index contributed by atoms with van der Waals surface area (Å²) < 4.78 is 0. The van der Waals surface area contributed by atoms with E-state index in [4.69, 9.17) is 0 Å². The number of aliphatic imine (C=N–C) groups is 1. The van der Waals surface area contributed by atoms with E-state index in [1.165, 1.54) is 5.04 Å². The van der Waals surface area contributed by atoms with Crippen LogP contribution in [0, 0.1) is 0 Å². The summed E-state index contributed by atoms with van der Waals surface area (Å²) in [6.07, 6.45) is 3.19. The van der Waals surface area contributed by atoms with Crippen molar-refractivity contribution < 1.29 is 0 Å². The Kier molecular flexibility index (Phi) is 2.34. The molecule has 2 heteroatoms. The van der Waals surface area contributed by atoms with E-state index in [0.29, 0.717) is 6.04 Å². The predicted octanol–water partition coefficient (Wildman–Crippen LogP) is 2.44. The molecule has 1 nitrogen and oxygen atoms in total. The molecule has 1 rings (SSSR count). The standard InChI is InChI=1S/C7H11NS/c1-6(2)8-7-4-3-5-9-7/h3,5-6H,4H2,1-2H3. The molecular formula is C7H11NS. The Morgan fingerprint density at radius 1 is 1.67 bits per heavy atom. The van der Waals surface area contributed by atoms with E-state index in [9.17, 15) is 0 Å². The number of hydrogen-bond acceptors (Lipinski definition) is 2. The molecule has 0 unspecified atom stereocenters. The lowest BCUT2D eigenvalue weighted by Gasteiger charge is -1.97. The average Bonchev–Trinajstić information content (AvgIpc) is 2.15. The van der Waals surface area contributed by atoms with E-state index in [1.54, 1.807) is 11.8 Å². The molecule has 0 atom stereocenters. The summed E-state index contributed by atoms with van der Waals surface area (Å²) in [7, 11) is 0. The van der Waals surface area contributed by atoms with Crippen LogP contribution in [0.4, 0.5) is 0 Å². The van der Waals surface area contributed by atoms with Gasteiger partial charge in [-0.3, -0.25) is 4.99 Å². The van der Waals surface area contributed by atoms with E-state index >= 15 is 0 Å². The van der Waals surface area contributed by atoms with Crippen LogP contribution in [0.25, 0.3) is 0 Å². The first-order valence-electron chi connectivity index (χ1n) is 3.17. The number of allylic oxidation sites excluding steroid dienone is 1. The Bertz CT molecular complexity index is 137. The summed E-state index contributed by atoms with van der Waals surface area (Å²) in [6, 6.07) is 0.451. The molecule has 0 fully saturated rings. The van der Waals surface area contributed by atoms with Gasteiger partial charge in [0.05, 0.1) is 5.04 Å². The first kappa shape index (κ1) is 6.87. The molecule has 0 saturated heterocycles. The minimum Gasteiger partial charge on any atom is -0.280 e. The maximum atomic E-state index is 4.39. The fourth-order valence-corrected chi connectivity index (χ4v) is 1.51. The van der Waals surface area contributed by atoms with Gasteiger partial charge in [0.15, 0.2) is 0 Å². The van der Waals surface area contributed by atoms with Gasteiger partial charge in [-0.2, -0.15) is 0 Å². The molecule has 1 aliphatic heterocycles. The van der Waals surface area contributed by atoms with Crippen molar-refractivity contribution in [1.82, 2.24) is 0 Å². The van der Waals surface area contributed by atoms with Gasteiger partial charge in [-0.15, -0.1) is 0 Å². The molecule has 0 bridgehead atoms. The topological polar surface area (TPSA) is 12.4 Å². The number of rotatable bonds is 1. The van der Waals surface area contributed by atoms with Crippen LogP contribution in [-0.2, 0) is 0 Å². The summed E-state index contributed by atoms with van der Waals surface area (Å²) in [6.45, 7) is 4.21. The van der Waals surface area contributed by atoms with Crippen molar-refractivity contribution in [1.29, 1.82) is 0 Å². The molecule has 9 heavy (non-hydrogen) atoms. The van der Waals surface area contributed by atoms with Crippen molar-refractivity contribution in [3.05, 3.63) is 11.5 Å². The Labute approximate surface area is 60.3 Å². The highest BCUT2D eigenvalue weighted by Gasteiger charge is 2.01. The van der Waals surface area contributed by atoms with Gasteiger partial charge in [-0.25, -0.2) is 0 Å². The normalized spacial score (nSPS) is 22.3. The third-order valence-electron chi connectivity index (χ3n) is 0.995. The van der Waals surface area contributed by atoms with Crippen LogP contribution in [-0.4, -0.2) is 11.1 Å². The Morgan fingerprint density at radius 3 is 2.89 bits per heavy atom. The van der Waals surface area contributed by atoms with Crippen LogP contribution in [0.15, 0.2) is 16.5 Å². The maximum absolute atomic E-state index is 4.39. The van der Waals surface area contributed by atoms with Crippen LogP contribution in [0.1, 0.15) is 20.3 Å². The second kappa shape index (κ2) is 3.06. The molecule has 0 radical (unpaired) electrons. The smallest absolute Gasteiger partial charge is 0.0758 e. The quantitative estimate of drug-likeness (QED) is 0.546. The van der Waals surface area contributed by atoms with Crippen LogP contribution < -0.4 is 0 Å². The van der Waals surface area contributed by atoms with E-state index in [2.05, 4.69) is 30.3 Å². The summed E-state index contributed by atoms with van der Waals surface area (Å²) in [5.74, 6) is 0. The second-order valence-corrected chi connectivity index (χ2v) is 3.29. The van der Waals surface area contributed by atoms with Gasteiger partial charge >= 0.3 is 0 Å². The van der Waals surface area contributed by atoms with Crippen molar-refractivity contribution >= 4 is 16.8 Å². The van der Waals surface area contributed by atoms with Crippen LogP contribution in [0.2, 0.25) is 0 Å². The summed E-state index contributed by atoms with van der Waals surface area (Å²) in [4.78, 5) is 4.39. The molecule has 0 aliphatic carbocycles. The van der Waals surface area contributed by atoms with Crippen LogP contribution >= 0.6 is 11.8 Å². The van der Waals surface area contributed by atoms with Crippen molar-refractivity contribution in [3.8, 4) is 0 Å². The third-order valence-corrected chi connectivity index (χ3v) is 1.87. The fourth-order valence-electron chi connectivity index (χ4n) is 0.695. The number of thioether (sulfide) groups is 1. The monoisotopic (exact) mass is 141 g/mol. The van der Waals surface area contributed by atoms with Crippen molar-refractivity contribution in [2.24, 2.45) is 4.99 Å². The number of hydrogen-bond donors (Lipinski definition) is 0. The average molecular weight is 141 g/mol. The first-order valence-corrected chi connectivity index (χ1v) is 4.05. The maximum Gasteiger partial charge on any atom is 0.0758 e. The van der Waals surface area contributed by atoms with Gasteiger partial charge in [-0.05, 0) is 19.3 Å². The number of nitrogens with zero attached hydrogens (tertiary/aromatic N) is 1. The molecule has 0 saturated carbocycles. The lowest BCUT2D eigenvalue weighted by molar-refractivity contribution is 0.837. The minimum absolute atomic E-state index is 0.451. The van der Waals surface area contributed by atoms with Gasteiger partial charge in [-0.1, -0.05) is 17.8 Å². The first-order chi connectivity index (χ1) is 4.29. The zero-order valence-corrected chi connectivity index (χ0v) is 6.61. The molecule has 0 spiro atoms. The molecule has 1 aliphatic rings. The lowest BCUT2D eigenvalue weighted by Crippen LogP contribution is -1.93. The minimum atomic E-state index is 0.451. The molecule has 1 heterocycles. The van der Waals surface area contributed by atoms with Gasteiger partial charge < -0.3 is 0 Å². The summed E-state index contributed by atoms with van der Waals surface area (Å²) in [5, 5.41) is 3.35. The van der Waals surface area contributed by atoms with Gasteiger partial charge in [0, 0.05) is 12.5 Å². The summed E-state index contributed by atoms with van der Waals surface area (Å²) >= 11 is 1.74. The molecule has 0 aromatic rings. The van der Waals surface area contributed by atoms with Gasteiger partial charge in [0.1, 0.15) is 0 Å². The highest BCUT2D eigenvalue weighted by atomic mass is 32.2. The lowest BCUT2D eigenvalue weighted by atomic mass is 10.4. The van der Waals surface area contributed by atoms with Crippen molar-refractivity contribution in [2.75, 3.05) is 0 Å². The summed E-state index contributed by atoms with van der Waals surface area (Å²) in [5.41, 5.74) is 0. The molecule has 0 aromatic heterocycles. The second-order valence-electron chi connectivity index (χ2n) is 2.31. The van der Waals surface area contributed by atoms with Crippen molar-refractivity contribution in [2.45, 2.75) is 26.3 Å². The largest absolute Gasteiger partial charge is 0.280 e. The van der Waals surface area contributed by atoms with E-state index in [-0.39, 0.29) is 0 Å². The third kappa shape index (κ3) is 2.22. The van der Waals surface area contributed by atoms with Crippen molar-refractivity contribution in [3.63, 3.8) is 0 Å². The molecule has 50 valence electrons. The highest BCUT2D eigenvalue weighted by molar-refractivity contribution is 8.16. The molecule has 0 amide bonds. The Morgan fingerprint density at radius 2 is 2.44 bits per heavy atom. The van der Waals surface area contributed by atoms with E-state index in [1.807, 2.05) is 0 Å².